The number of nitrogens with zero attached hydrogens (tertiary/aromatic N) is 1. The lowest BCUT2D eigenvalue weighted by Gasteiger charge is -2.26. The largest absolute Gasteiger partial charge is 0.354 e. The average molecular weight is 402 g/mol. The number of nitrogens with one attached hydrogen (secondary N) is 1. The number of allylic oxidation sites excluding steroid dienone is 1. The summed E-state index contributed by atoms with van der Waals surface area (Å²) in [5, 5.41) is 2.97. The third-order valence-corrected chi connectivity index (χ3v) is 5.84. The Morgan fingerprint density at radius 2 is 1.60 bits per heavy atom. The fourth-order valence-electron chi connectivity index (χ4n) is 4.23. The van der Waals surface area contributed by atoms with Crippen LogP contribution in [0.2, 0.25) is 0 Å². The monoisotopic (exact) mass is 402 g/mol. The van der Waals surface area contributed by atoms with Crippen LogP contribution in [-0.2, 0) is 11.2 Å². The van der Waals surface area contributed by atoms with Gasteiger partial charge in [-0.3, -0.25) is 19.3 Å². The molecular weight excluding hydrogens is 376 g/mol. The van der Waals surface area contributed by atoms with Gasteiger partial charge in [0.2, 0.25) is 5.91 Å². The summed E-state index contributed by atoms with van der Waals surface area (Å²) in [5.41, 5.74) is 3.01. The molecule has 1 heterocycles. The van der Waals surface area contributed by atoms with Crippen LogP contribution in [0.15, 0.2) is 66.2 Å². The normalized spacial score (nSPS) is 16.8. The summed E-state index contributed by atoms with van der Waals surface area (Å²) in [6, 6.07) is 15.4. The fraction of sp³-hybridized carbons (Fsp3) is 0.320. The molecule has 0 saturated carbocycles. The maximum absolute atomic E-state index is 13.1. The molecule has 2 aliphatic rings. The van der Waals surface area contributed by atoms with E-state index in [4.69, 9.17) is 0 Å². The molecule has 0 spiro atoms. The summed E-state index contributed by atoms with van der Waals surface area (Å²) in [6.45, 7) is 0.513. The summed E-state index contributed by atoms with van der Waals surface area (Å²) in [4.78, 5) is 40.2. The van der Waals surface area contributed by atoms with Crippen molar-refractivity contribution in [1.29, 1.82) is 0 Å². The second-order valence-electron chi connectivity index (χ2n) is 7.88. The van der Waals surface area contributed by atoms with Crippen molar-refractivity contribution in [2.45, 2.75) is 44.6 Å². The van der Waals surface area contributed by atoms with Crippen molar-refractivity contribution in [2.24, 2.45) is 0 Å². The smallest absolute Gasteiger partial charge is 0.262 e. The summed E-state index contributed by atoms with van der Waals surface area (Å²) in [6.07, 6.45) is 7.99. The lowest BCUT2D eigenvalue weighted by molar-refractivity contribution is -0.125. The van der Waals surface area contributed by atoms with Gasteiger partial charge in [-0.25, -0.2) is 0 Å². The van der Waals surface area contributed by atoms with Crippen molar-refractivity contribution in [3.05, 3.63) is 82.9 Å². The summed E-state index contributed by atoms with van der Waals surface area (Å²) >= 11 is 0. The Morgan fingerprint density at radius 1 is 0.933 bits per heavy atom. The van der Waals surface area contributed by atoms with Gasteiger partial charge in [0.1, 0.15) is 6.04 Å². The Hall–Kier alpha value is -3.21. The molecule has 0 aromatic heterocycles. The topological polar surface area (TPSA) is 66.5 Å². The standard InChI is InChI=1S/C25H26N2O3/c28-23(26-16-15-18-9-3-1-4-10-18)22(17-19-11-5-2-6-12-19)27-24(29)20-13-7-8-14-21(20)25(27)30/h2,5-9,11-14,22H,1,3-4,10,15-17H2,(H,26,28)/t22-/m1/s1. The van der Waals surface area contributed by atoms with E-state index in [9.17, 15) is 14.4 Å². The highest BCUT2D eigenvalue weighted by molar-refractivity contribution is 6.22. The van der Waals surface area contributed by atoms with Crippen LogP contribution in [0.1, 0.15) is 58.4 Å². The predicted octanol–water partition coefficient (Wildman–Crippen LogP) is 3.90. The zero-order chi connectivity index (χ0) is 20.9. The molecule has 5 heteroatoms. The van der Waals surface area contributed by atoms with Crippen LogP contribution >= 0.6 is 0 Å². The first-order valence-electron chi connectivity index (χ1n) is 10.6. The molecule has 0 radical (unpaired) electrons. The molecule has 1 N–H and O–H groups in total. The van der Waals surface area contributed by atoms with Crippen LogP contribution < -0.4 is 5.32 Å². The molecule has 1 aliphatic carbocycles. The third-order valence-electron chi connectivity index (χ3n) is 5.84. The molecule has 1 atom stereocenters. The SMILES string of the molecule is O=C(NCCC1=CCCCC1)[C@@H](Cc1ccccc1)N1C(=O)c2ccccc2C1=O. The molecule has 4 rings (SSSR count). The van der Waals surface area contributed by atoms with Gasteiger partial charge in [0.25, 0.3) is 11.8 Å². The summed E-state index contributed by atoms with van der Waals surface area (Å²) in [7, 11) is 0. The lowest BCUT2D eigenvalue weighted by atomic mass is 9.97. The number of carbonyl (C=O) groups excluding carboxylic acids is 3. The first-order chi connectivity index (χ1) is 14.6. The highest BCUT2D eigenvalue weighted by Crippen LogP contribution is 2.26. The van der Waals surface area contributed by atoms with E-state index in [0.717, 1.165) is 29.7 Å². The van der Waals surface area contributed by atoms with Crippen molar-refractivity contribution in [1.82, 2.24) is 10.2 Å². The Bertz CT molecular complexity index is 946. The molecule has 3 amide bonds. The maximum atomic E-state index is 13.1. The van der Waals surface area contributed by atoms with E-state index in [0.29, 0.717) is 24.1 Å². The minimum Gasteiger partial charge on any atom is -0.354 e. The lowest BCUT2D eigenvalue weighted by Crippen LogP contribution is -2.51. The number of fused-ring (bicyclic) bond motifs is 1. The number of hydrogen-bond donors (Lipinski definition) is 1. The fourth-order valence-corrected chi connectivity index (χ4v) is 4.23. The van der Waals surface area contributed by atoms with Crippen molar-refractivity contribution in [3.63, 3.8) is 0 Å². The van der Waals surface area contributed by atoms with Gasteiger partial charge < -0.3 is 5.32 Å². The number of imide groups is 1. The van der Waals surface area contributed by atoms with Crippen LogP contribution in [0, 0.1) is 0 Å². The van der Waals surface area contributed by atoms with Crippen LogP contribution in [0.25, 0.3) is 0 Å². The number of amides is 3. The molecule has 154 valence electrons. The van der Waals surface area contributed by atoms with Crippen molar-refractivity contribution < 1.29 is 14.4 Å². The molecule has 5 nitrogen and oxygen atoms in total. The minimum absolute atomic E-state index is 0.287. The van der Waals surface area contributed by atoms with Gasteiger partial charge >= 0.3 is 0 Å². The predicted molar refractivity (Wildman–Crippen MR) is 115 cm³/mol. The zero-order valence-electron chi connectivity index (χ0n) is 17.0. The highest BCUT2D eigenvalue weighted by Gasteiger charge is 2.42. The minimum atomic E-state index is -0.875. The molecule has 0 fully saturated rings. The molecule has 0 bridgehead atoms. The summed E-state index contributed by atoms with van der Waals surface area (Å²) in [5.74, 6) is -1.09. The first-order valence-corrected chi connectivity index (χ1v) is 10.6. The molecule has 1 aliphatic heterocycles. The Labute approximate surface area is 176 Å². The third kappa shape index (κ3) is 4.20. The van der Waals surface area contributed by atoms with Gasteiger partial charge in [-0.15, -0.1) is 0 Å². The number of carbonyl (C=O) groups is 3. The van der Waals surface area contributed by atoms with Crippen LogP contribution in [0.5, 0.6) is 0 Å². The second-order valence-corrected chi connectivity index (χ2v) is 7.88. The van der Waals surface area contributed by atoms with Crippen molar-refractivity contribution in [3.8, 4) is 0 Å². The number of hydrogen-bond acceptors (Lipinski definition) is 3. The van der Waals surface area contributed by atoms with E-state index in [-0.39, 0.29) is 5.91 Å². The van der Waals surface area contributed by atoms with Gasteiger partial charge in [0.05, 0.1) is 11.1 Å². The Kier molecular flexibility index (Phi) is 6.07. The maximum Gasteiger partial charge on any atom is 0.262 e. The van der Waals surface area contributed by atoms with E-state index >= 15 is 0 Å². The Morgan fingerprint density at radius 3 is 2.23 bits per heavy atom. The van der Waals surface area contributed by atoms with Crippen molar-refractivity contribution in [2.75, 3.05) is 6.54 Å². The summed E-state index contributed by atoms with van der Waals surface area (Å²) < 4.78 is 0. The van der Waals surface area contributed by atoms with E-state index in [2.05, 4.69) is 11.4 Å². The average Bonchev–Trinajstić information content (AvgIpc) is 3.04. The number of benzene rings is 2. The molecule has 2 aromatic rings. The van der Waals surface area contributed by atoms with Crippen LogP contribution in [0.3, 0.4) is 0 Å². The van der Waals surface area contributed by atoms with Crippen molar-refractivity contribution >= 4 is 17.7 Å². The van der Waals surface area contributed by atoms with Gasteiger partial charge in [-0.1, -0.05) is 54.1 Å². The van der Waals surface area contributed by atoms with E-state index in [1.807, 2.05) is 30.3 Å². The van der Waals surface area contributed by atoms with Gasteiger partial charge in [0.15, 0.2) is 0 Å². The molecular formula is C25H26N2O3. The Balaban J connectivity index is 1.52. The van der Waals surface area contributed by atoms with E-state index in [1.54, 1.807) is 24.3 Å². The molecule has 0 saturated heterocycles. The zero-order valence-corrected chi connectivity index (χ0v) is 17.0. The first kappa shape index (κ1) is 20.1. The molecule has 30 heavy (non-hydrogen) atoms. The van der Waals surface area contributed by atoms with Crippen LogP contribution in [-0.4, -0.2) is 35.2 Å². The highest BCUT2D eigenvalue weighted by atomic mass is 16.2. The molecule has 0 unspecified atom stereocenters. The second kappa shape index (κ2) is 9.08. The quantitative estimate of drug-likeness (QED) is 0.564. The molecule has 2 aromatic carbocycles. The van der Waals surface area contributed by atoms with Crippen LogP contribution in [0.4, 0.5) is 0 Å². The van der Waals surface area contributed by atoms with Gasteiger partial charge in [-0.2, -0.15) is 0 Å². The van der Waals surface area contributed by atoms with E-state index in [1.165, 1.54) is 18.4 Å². The van der Waals surface area contributed by atoms with Gasteiger partial charge in [-0.05, 0) is 49.8 Å². The van der Waals surface area contributed by atoms with Gasteiger partial charge in [0, 0.05) is 13.0 Å². The van der Waals surface area contributed by atoms with E-state index < -0.39 is 17.9 Å². The number of rotatable bonds is 7.